The van der Waals surface area contributed by atoms with Crippen LogP contribution in [0.5, 0.6) is 0 Å². The second-order valence-electron chi connectivity index (χ2n) is 4.22. The molecule has 0 aliphatic rings. The van der Waals surface area contributed by atoms with Gasteiger partial charge in [-0.05, 0) is 11.5 Å². The molecule has 0 fully saturated rings. The molecule has 0 aromatic heterocycles. The minimum Gasteiger partial charge on any atom is -0.545 e. The number of rotatable bonds is 4. The Labute approximate surface area is 235 Å². The van der Waals surface area contributed by atoms with Crippen LogP contribution in [0.4, 0.5) is 0 Å². The molecule has 8 nitrogen and oxygen atoms in total. The van der Waals surface area contributed by atoms with Crippen molar-refractivity contribution in [3.05, 3.63) is 46.5 Å². The van der Waals surface area contributed by atoms with Crippen molar-refractivity contribution in [2.75, 3.05) is 0 Å². The van der Waals surface area contributed by atoms with Crippen molar-refractivity contribution >= 4 is 34.6 Å². The van der Waals surface area contributed by atoms with E-state index in [1.54, 1.807) is 0 Å². The molecule has 2 rings (SSSR count). The second kappa shape index (κ2) is 12.9. The molecule has 0 radical (unpaired) electrons. The van der Waals surface area contributed by atoms with E-state index in [9.17, 15) is 39.6 Å². The predicted molar refractivity (Wildman–Crippen MR) is 61.3 cm³/mol. The Morgan fingerprint density at radius 2 is 1.08 bits per heavy atom. The zero-order valence-electron chi connectivity index (χ0n) is 14.6. The molecule has 0 spiro atoms. The maximum atomic E-state index is 11.2. The van der Waals surface area contributed by atoms with Gasteiger partial charge in [0.2, 0.25) is 0 Å². The average molecular weight is 392 g/mol. The van der Waals surface area contributed by atoms with E-state index in [-0.39, 0.29) is 124 Å². The molecule has 2 aromatic rings. The Bertz CT molecular complexity index is 854. The Hall–Kier alpha value is 0.580. The van der Waals surface area contributed by atoms with Crippen LogP contribution in [0.1, 0.15) is 41.4 Å². The van der Waals surface area contributed by atoms with Gasteiger partial charge in [-0.2, -0.15) is 0 Å². The maximum Gasteiger partial charge on any atom is 1.00 e. The van der Waals surface area contributed by atoms with E-state index in [2.05, 4.69) is 0 Å². The van der Waals surface area contributed by atoms with Gasteiger partial charge >= 0.3 is 118 Å². The summed E-state index contributed by atoms with van der Waals surface area (Å²) in [4.78, 5) is 44.5. The maximum absolute atomic E-state index is 11.2. The van der Waals surface area contributed by atoms with Crippen LogP contribution in [-0.2, 0) is 0 Å². The van der Waals surface area contributed by atoms with Gasteiger partial charge in [-0.25, -0.2) is 0 Å². The third-order valence-corrected chi connectivity index (χ3v) is 3.03. The van der Waals surface area contributed by atoms with E-state index in [1.165, 1.54) is 0 Å². The molecule has 0 saturated carbocycles. The Kier molecular flexibility index (Phi) is 15.5. The second-order valence-corrected chi connectivity index (χ2v) is 4.22. The SMILES string of the molecule is O=C([O-])c1cc(C(=O)[O-])c2cccc(C(=O)[O-])c2c1C(=O)[O-].[Na+].[Na+].[Na+].[Na+]. The standard InChI is InChI=1S/C14H8O8.4Na/c15-11(16)6-3-1-2-5-7(12(17)18)4-8(13(19)20)10(9(5)6)14(21)22;;;;/h1-4H,(H,15,16)(H,17,18)(H,19,20)(H,21,22);;;;/q;4*+1/p-4. The minimum absolute atomic E-state index is 0. The van der Waals surface area contributed by atoms with E-state index < -0.39 is 51.5 Å². The zero-order chi connectivity index (χ0) is 16.6. The van der Waals surface area contributed by atoms with E-state index >= 15 is 0 Å². The fourth-order valence-corrected chi connectivity index (χ4v) is 2.19. The number of benzene rings is 2. The van der Waals surface area contributed by atoms with Crippen molar-refractivity contribution in [1.29, 1.82) is 0 Å². The van der Waals surface area contributed by atoms with E-state index in [1.807, 2.05) is 0 Å². The van der Waals surface area contributed by atoms with Gasteiger partial charge in [0.05, 0.1) is 23.9 Å². The molecule has 0 aliphatic carbocycles. The van der Waals surface area contributed by atoms with Crippen molar-refractivity contribution in [2.45, 2.75) is 0 Å². The number of carboxylic acid groups (broad SMARTS) is 4. The first-order valence-electron chi connectivity index (χ1n) is 5.70. The number of carbonyl (C=O) groups excluding carboxylic acids is 4. The molecule has 0 unspecified atom stereocenters. The molecule has 0 bridgehead atoms. The van der Waals surface area contributed by atoms with Gasteiger partial charge < -0.3 is 39.6 Å². The Morgan fingerprint density at radius 3 is 1.46 bits per heavy atom. The van der Waals surface area contributed by atoms with Crippen molar-refractivity contribution in [1.82, 2.24) is 0 Å². The topological polar surface area (TPSA) is 161 Å². The number of aromatic carboxylic acids is 4. The molecule has 2 aromatic carbocycles. The fourth-order valence-electron chi connectivity index (χ4n) is 2.19. The van der Waals surface area contributed by atoms with Crippen LogP contribution in [0.15, 0.2) is 24.3 Å². The quantitative estimate of drug-likeness (QED) is 0.464. The number of hydrogen-bond acceptors (Lipinski definition) is 8. The van der Waals surface area contributed by atoms with Crippen molar-refractivity contribution in [3.63, 3.8) is 0 Å². The van der Waals surface area contributed by atoms with Gasteiger partial charge in [0.1, 0.15) is 0 Å². The molecular weight excluding hydrogens is 388 g/mol. The zero-order valence-corrected chi connectivity index (χ0v) is 22.6. The molecule has 0 saturated heterocycles. The van der Waals surface area contributed by atoms with Gasteiger partial charge in [-0.1, -0.05) is 18.2 Å². The predicted octanol–water partition coefficient (Wildman–Crippen LogP) is -15.7. The largest absolute Gasteiger partial charge is 1.00 e. The van der Waals surface area contributed by atoms with Crippen LogP contribution < -0.4 is 139 Å². The van der Waals surface area contributed by atoms with Gasteiger partial charge in [-0.15, -0.1) is 0 Å². The monoisotopic (exact) mass is 392 g/mol. The first-order valence-corrected chi connectivity index (χ1v) is 5.70. The summed E-state index contributed by atoms with van der Waals surface area (Å²) >= 11 is 0. The number of carbonyl (C=O) groups is 4. The normalized spacial score (nSPS) is 8.77. The van der Waals surface area contributed by atoms with Crippen LogP contribution in [0.3, 0.4) is 0 Å². The van der Waals surface area contributed by atoms with Gasteiger partial charge in [0, 0.05) is 27.6 Å². The molecule has 26 heavy (non-hydrogen) atoms. The first-order chi connectivity index (χ1) is 10.3. The van der Waals surface area contributed by atoms with Crippen molar-refractivity contribution in [2.24, 2.45) is 0 Å². The summed E-state index contributed by atoms with van der Waals surface area (Å²) in [5.41, 5.74) is -3.41. The Morgan fingerprint density at radius 1 is 0.615 bits per heavy atom. The van der Waals surface area contributed by atoms with Crippen LogP contribution >= 0.6 is 0 Å². The molecule has 0 N–H and O–H groups in total. The molecule has 112 valence electrons. The van der Waals surface area contributed by atoms with Crippen molar-refractivity contribution in [3.8, 4) is 0 Å². The summed E-state index contributed by atoms with van der Waals surface area (Å²) in [6, 6.07) is 3.73. The number of carboxylic acids is 4. The van der Waals surface area contributed by atoms with Gasteiger partial charge in [0.25, 0.3) is 0 Å². The van der Waals surface area contributed by atoms with Gasteiger partial charge in [-0.3, -0.25) is 0 Å². The smallest absolute Gasteiger partial charge is 0.545 e. The minimum atomic E-state index is -2.00. The number of fused-ring (bicyclic) bond motifs is 1. The molecular formula is C14H4Na4O8. The van der Waals surface area contributed by atoms with Crippen LogP contribution in [-0.4, -0.2) is 23.9 Å². The summed E-state index contributed by atoms with van der Waals surface area (Å²) in [5.74, 6) is -7.62. The summed E-state index contributed by atoms with van der Waals surface area (Å²) in [6.45, 7) is 0. The third kappa shape index (κ3) is 6.30. The molecule has 0 amide bonds. The van der Waals surface area contributed by atoms with Crippen molar-refractivity contribution < 1.29 is 158 Å². The van der Waals surface area contributed by atoms with Crippen LogP contribution in [0.25, 0.3) is 10.8 Å². The van der Waals surface area contributed by atoms with Crippen LogP contribution in [0.2, 0.25) is 0 Å². The molecule has 12 heteroatoms. The average Bonchev–Trinajstić information content (AvgIpc) is 2.43. The summed E-state index contributed by atoms with van der Waals surface area (Å²) in [7, 11) is 0. The fraction of sp³-hybridized carbons (Fsp3) is 0. The third-order valence-electron chi connectivity index (χ3n) is 3.03. The molecule has 0 heterocycles. The van der Waals surface area contributed by atoms with E-state index in [0.717, 1.165) is 18.2 Å². The first kappa shape index (κ1) is 31.3. The molecule has 0 aliphatic heterocycles. The van der Waals surface area contributed by atoms with E-state index in [0.29, 0.717) is 6.07 Å². The Balaban J connectivity index is -0.00000132. The molecule has 0 atom stereocenters. The summed E-state index contributed by atoms with van der Waals surface area (Å²) in [5, 5.41) is 43.5. The summed E-state index contributed by atoms with van der Waals surface area (Å²) in [6.07, 6.45) is 0. The number of hydrogen-bond donors (Lipinski definition) is 0. The van der Waals surface area contributed by atoms with E-state index in [4.69, 9.17) is 0 Å². The van der Waals surface area contributed by atoms with Gasteiger partial charge in [0.15, 0.2) is 0 Å². The van der Waals surface area contributed by atoms with Crippen LogP contribution in [0, 0.1) is 0 Å². The summed E-state index contributed by atoms with van der Waals surface area (Å²) < 4.78 is 0.